The Morgan fingerprint density at radius 3 is 2.77 bits per heavy atom. The Labute approximate surface area is 172 Å². The second-order valence-corrected chi connectivity index (χ2v) is 8.37. The van der Waals surface area contributed by atoms with Crippen molar-refractivity contribution in [2.24, 2.45) is 4.99 Å². The number of allylic oxidation sites excluding steroid dienone is 1. The van der Waals surface area contributed by atoms with Crippen LogP contribution in [0.4, 0.5) is 9.18 Å². The molecule has 2 saturated heterocycles. The summed E-state index contributed by atoms with van der Waals surface area (Å²) in [6.07, 6.45) is 11.0. The van der Waals surface area contributed by atoms with Crippen molar-refractivity contribution in [1.29, 1.82) is 0 Å². The number of likely N-dealkylation sites (tertiary alicyclic amines) is 1. The zero-order valence-corrected chi connectivity index (χ0v) is 16.5. The summed E-state index contributed by atoms with van der Waals surface area (Å²) in [5, 5.41) is 6.49. The van der Waals surface area contributed by atoms with Gasteiger partial charge in [0.25, 0.3) is 0 Å². The first-order chi connectivity index (χ1) is 14.5. The molecule has 0 spiro atoms. The third kappa shape index (κ3) is 2.80. The second kappa shape index (κ2) is 6.40. The van der Waals surface area contributed by atoms with Gasteiger partial charge >= 0.3 is 6.03 Å². The van der Waals surface area contributed by atoms with Crippen LogP contribution in [-0.4, -0.2) is 56.2 Å². The van der Waals surface area contributed by atoms with Gasteiger partial charge in [-0.25, -0.2) is 19.2 Å². The third-order valence-electron chi connectivity index (χ3n) is 6.20. The molecule has 0 radical (unpaired) electrons. The summed E-state index contributed by atoms with van der Waals surface area (Å²) in [5.74, 6) is 0.111. The molecule has 8 nitrogen and oxygen atoms in total. The van der Waals surface area contributed by atoms with E-state index in [1.807, 2.05) is 25.3 Å². The number of urea groups is 1. The van der Waals surface area contributed by atoms with Crippen molar-refractivity contribution in [3.05, 3.63) is 59.6 Å². The Bertz CT molecular complexity index is 1140. The van der Waals surface area contributed by atoms with Gasteiger partial charge in [-0.1, -0.05) is 0 Å². The topological polar surface area (TPSA) is 77.3 Å². The monoisotopic (exact) mass is 407 g/mol. The molecule has 9 heteroatoms. The number of hydrogen-bond acceptors (Lipinski definition) is 5. The molecule has 30 heavy (non-hydrogen) atoms. The molecule has 154 valence electrons. The number of piperazine rings is 1. The van der Waals surface area contributed by atoms with E-state index < -0.39 is 12.0 Å². The lowest BCUT2D eigenvalue weighted by molar-refractivity contribution is 0.219. The highest BCUT2D eigenvalue weighted by atomic mass is 19.1. The van der Waals surface area contributed by atoms with Crippen LogP contribution in [0.2, 0.25) is 0 Å². The van der Waals surface area contributed by atoms with Crippen LogP contribution < -0.4 is 10.6 Å². The summed E-state index contributed by atoms with van der Waals surface area (Å²) in [4.78, 5) is 25.5. The number of aromatic nitrogens is 2. The van der Waals surface area contributed by atoms with Gasteiger partial charge in [0.15, 0.2) is 17.6 Å². The first-order valence-corrected chi connectivity index (χ1v) is 10.3. The number of fused-ring (bicyclic) bond motifs is 4. The third-order valence-corrected chi connectivity index (χ3v) is 6.20. The van der Waals surface area contributed by atoms with Crippen LogP contribution in [0.1, 0.15) is 30.3 Å². The minimum atomic E-state index is -0.653. The van der Waals surface area contributed by atoms with Gasteiger partial charge in [0.2, 0.25) is 0 Å². The van der Waals surface area contributed by atoms with Crippen LogP contribution in [0.15, 0.2) is 47.5 Å². The first-order valence-electron chi connectivity index (χ1n) is 10.3. The Balaban J connectivity index is 1.29. The number of amidine groups is 1. The molecule has 4 aliphatic rings. The number of carbonyl (C=O) groups is 1. The fourth-order valence-electron chi connectivity index (χ4n) is 4.80. The number of rotatable bonds is 2. The molecular weight excluding hydrogens is 385 g/mol. The lowest BCUT2D eigenvalue weighted by atomic mass is 10.1. The first kappa shape index (κ1) is 17.6. The van der Waals surface area contributed by atoms with E-state index in [9.17, 15) is 9.18 Å². The number of nitrogens with zero attached hydrogens (tertiary/aromatic N) is 5. The van der Waals surface area contributed by atoms with E-state index in [0.717, 1.165) is 24.5 Å². The normalized spacial score (nSPS) is 27.8. The number of aryl methyl sites for hydroxylation is 1. The molecule has 3 atom stereocenters. The van der Waals surface area contributed by atoms with Gasteiger partial charge in [0, 0.05) is 49.3 Å². The molecule has 2 bridgehead atoms. The number of pyridine rings is 1. The van der Waals surface area contributed by atoms with Crippen molar-refractivity contribution in [1.82, 2.24) is 29.8 Å². The van der Waals surface area contributed by atoms with Crippen LogP contribution >= 0.6 is 0 Å². The van der Waals surface area contributed by atoms with E-state index in [2.05, 4.69) is 25.5 Å². The van der Waals surface area contributed by atoms with Crippen LogP contribution in [0.5, 0.6) is 0 Å². The molecule has 4 aliphatic heterocycles. The fourth-order valence-corrected chi connectivity index (χ4v) is 4.80. The molecule has 2 fully saturated rings. The molecular formula is C21H22FN7O. The number of carbonyl (C=O) groups excluding carboxylic acids is 1. The van der Waals surface area contributed by atoms with Crippen molar-refractivity contribution >= 4 is 17.5 Å². The average molecular weight is 407 g/mol. The van der Waals surface area contributed by atoms with Gasteiger partial charge in [-0.2, -0.15) is 0 Å². The zero-order chi connectivity index (χ0) is 20.4. The van der Waals surface area contributed by atoms with E-state index in [0.29, 0.717) is 23.5 Å². The summed E-state index contributed by atoms with van der Waals surface area (Å²) in [7, 11) is 0. The quantitative estimate of drug-likeness (QED) is 0.799. The highest BCUT2D eigenvalue weighted by molar-refractivity contribution is 6.07. The minimum Gasteiger partial charge on any atom is -0.367 e. The lowest BCUT2D eigenvalue weighted by Crippen LogP contribution is -2.52. The summed E-state index contributed by atoms with van der Waals surface area (Å²) in [6, 6.07) is 2.15. The molecule has 6 heterocycles. The van der Waals surface area contributed by atoms with Gasteiger partial charge in [0.1, 0.15) is 5.84 Å². The Kier molecular flexibility index (Phi) is 3.76. The van der Waals surface area contributed by atoms with Crippen molar-refractivity contribution < 1.29 is 9.18 Å². The number of nitrogens with one attached hydrogen (secondary N) is 2. The van der Waals surface area contributed by atoms with E-state index in [1.165, 1.54) is 23.8 Å². The van der Waals surface area contributed by atoms with Gasteiger partial charge in [-0.3, -0.25) is 4.90 Å². The Morgan fingerprint density at radius 1 is 1.17 bits per heavy atom. The lowest BCUT2D eigenvalue weighted by Gasteiger charge is -2.38. The second-order valence-electron chi connectivity index (χ2n) is 8.37. The number of hydrogen-bond donors (Lipinski definition) is 2. The molecule has 2 aromatic rings. The van der Waals surface area contributed by atoms with Crippen LogP contribution in [0.3, 0.4) is 0 Å². The standard InChI is InChI=1S/C21H22FN7O/c1-12-7-28-8-13(6-17(22)20(28)23-12)19-25-18-5-4-16(11-29(18)21(30)26-19)27-9-14-2-3-15(10-27)24-14/h4-8,11,14-15,19,24H,2-3,9-10H2,1H3,(H,26,30). The molecule has 3 unspecified atom stereocenters. The molecule has 0 aliphatic carbocycles. The fraction of sp³-hybridized carbons (Fsp3) is 0.381. The highest BCUT2D eigenvalue weighted by Crippen LogP contribution is 2.28. The maximum atomic E-state index is 14.5. The van der Waals surface area contributed by atoms with Crippen LogP contribution in [0.25, 0.3) is 5.65 Å². The van der Waals surface area contributed by atoms with Gasteiger partial charge < -0.3 is 19.9 Å². The number of amides is 2. The van der Waals surface area contributed by atoms with Gasteiger partial charge in [-0.05, 0) is 38.0 Å². The average Bonchev–Trinajstić information content (AvgIpc) is 3.28. The maximum Gasteiger partial charge on any atom is 0.329 e. The Hall–Kier alpha value is -3.20. The molecule has 2 aromatic heterocycles. The van der Waals surface area contributed by atoms with E-state index in [4.69, 9.17) is 0 Å². The zero-order valence-electron chi connectivity index (χ0n) is 16.5. The van der Waals surface area contributed by atoms with Gasteiger partial charge in [-0.15, -0.1) is 0 Å². The van der Waals surface area contributed by atoms with E-state index in [1.54, 1.807) is 16.8 Å². The number of aliphatic imine (C=N–C) groups is 1. The Morgan fingerprint density at radius 2 is 1.97 bits per heavy atom. The largest absolute Gasteiger partial charge is 0.367 e. The van der Waals surface area contributed by atoms with E-state index in [-0.39, 0.29) is 11.7 Å². The summed E-state index contributed by atoms with van der Waals surface area (Å²) >= 11 is 0. The number of imidazole rings is 1. The summed E-state index contributed by atoms with van der Waals surface area (Å²) in [6.45, 7) is 3.70. The SMILES string of the molecule is Cc1cn2cc(C3N=C4C=CC(N5CC6CCC(C5)N6)=CN4C(=O)N3)cc(F)c2n1. The molecule has 6 rings (SSSR count). The summed E-state index contributed by atoms with van der Waals surface area (Å²) < 4.78 is 16.1. The molecule has 0 saturated carbocycles. The van der Waals surface area contributed by atoms with E-state index >= 15 is 0 Å². The molecule has 2 N–H and O–H groups in total. The molecule has 2 amide bonds. The highest BCUT2D eigenvalue weighted by Gasteiger charge is 2.35. The summed E-state index contributed by atoms with van der Waals surface area (Å²) in [5.41, 5.74) is 2.58. The van der Waals surface area contributed by atoms with Crippen molar-refractivity contribution in [3.63, 3.8) is 0 Å². The van der Waals surface area contributed by atoms with Crippen LogP contribution in [0, 0.1) is 12.7 Å². The predicted molar refractivity (Wildman–Crippen MR) is 109 cm³/mol. The number of halogens is 1. The van der Waals surface area contributed by atoms with Gasteiger partial charge in [0.05, 0.1) is 11.4 Å². The molecule has 0 aromatic carbocycles. The smallest absolute Gasteiger partial charge is 0.329 e. The maximum absolute atomic E-state index is 14.5. The minimum absolute atomic E-state index is 0.266. The van der Waals surface area contributed by atoms with Crippen molar-refractivity contribution in [2.75, 3.05) is 13.1 Å². The van der Waals surface area contributed by atoms with Crippen molar-refractivity contribution in [3.8, 4) is 0 Å². The van der Waals surface area contributed by atoms with Crippen molar-refractivity contribution in [2.45, 2.75) is 38.0 Å². The predicted octanol–water partition coefficient (Wildman–Crippen LogP) is 2.05. The van der Waals surface area contributed by atoms with Crippen LogP contribution in [-0.2, 0) is 0 Å².